The number of ketones is 2. The maximum absolute atomic E-state index is 14.7. The smallest absolute Gasteiger partial charge is 0.411 e. The average Bonchev–Trinajstić information content (AvgIpc) is 3.44. The van der Waals surface area contributed by atoms with Crippen LogP contribution in [-0.2, 0) is 44.6 Å². The van der Waals surface area contributed by atoms with Gasteiger partial charge in [0.25, 0.3) is 0 Å². The van der Waals surface area contributed by atoms with E-state index < -0.39 is 81.4 Å². The SMILES string of the molecule is CO[C@]1(C)C[C@@H](C)C(=O)[C@H](C)[C@@H]2N(C3CN(Cc4c(O)cnc5cnccc45)C3)C(=O)O[C@]2(C)[C@@H](I)OC(=O)[C@H](C)C(=O)[C@H](C)[C@H]1O[C@@H]1O[C@H](C)C[C@H](N(C)C)[C@H]1O. The van der Waals surface area contributed by atoms with Crippen molar-refractivity contribution in [1.82, 2.24) is 24.7 Å². The van der Waals surface area contributed by atoms with Crippen LogP contribution in [0.3, 0.4) is 0 Å². The number of methoxy groups -OCH3 is 1. The van der Waals surface area contributed by atoms with Crippen LogP contribution in [0.15, 0.2) is 24.7 Å². The van der Waals surface area contributed by atoms with E-state index in [2.05, 4.69) is 14.9 Å². The van der Waals surface area contributed by atoms with Crippen LogP contribution in [0.4, 0.5) is 4.79 Å². The summed E-state index contributed by atoms with van der Waals surface area (Å²) < 4.78 is 29.9. The standard InChI is InChI=1S/C41H58IN5O11/c1-20-14-40(6,54-10)35(56-37-33(51)29(45(8)9)13-21(2)55-37)23(4)32(50)24(5)36(52)57-38(42)41(7)34(22(3)31(20)49)47(39(53)58-41)25-17-46(18-25)19-27-26-11-12-43-15-28(26)44-16-30(27)48/h11-12,15-16,20-25,29,33-35,37-38,48,51H,13-14,17-19H2,1-10H3/t20-,21-,22+,23+,24-,29+,33-,34+,35-,37+,38+,40-,41+/m1/s1. The third-order valence-electron chi connectivity index (χ3n) is 13.0. The number of carbonyl (C=O) groups is 4. The minimum Gasteiger partial charge on any atom is -0.506 e. The van der Waals surface area contributed by atoms with Gasteiger partial charge in [0, 0.05) is 67.7 Å². The van der Waals surface area contributed by atoms with Crippen molar-refractivity contribution < 1.29 is 53.1 Å². The van der Waals surface area contributed by atoms with Crippen LogP contribution >= 0.6 is 22.6 Å². The van der Waals surface area contributed by atoms with Crippen molar-refractivity contribution in [3.8, 4) is 5.75 Å². The summed E-state index contributed by atoms with van der Waals surface area (Å²) in [5.74, 6) is -5.14. The van der Waals surface area contributed by atoms with Crippen molar-refractivity contribution in [2.75, 3.05) is 34.3 Å². The van der Waals surface area contributed by atoms with Crippen molar-refractivity contribution in [1.29, 1.82) is 0 Å². The number of ether oxygens (including phenoxy) is 5. The molecule has 0 spiro atoms. The number of esters is 1. The number of aliphatic hydroxyl groups is 1. The number of amides is 1. The first kappa shape index (κ1) is 44.5. The van der Waals surface area contributed by atoms with Crippen LogP contribution in [0.2, 0.25) is 0 Å². The lowest BCUT2D eigenvalue weighted by atomic mass is 9.74. The second-order valence-electron chi connectivity index (χ2n) is 17.4. The van der Waals surface area contributed by atoms with Crippen LogP contribution in [0.5, 0.6) is 5.75 Å². The van der Waals surface area contributed by atoms with Gasteiger partial charge in [-0.15, -0.1) is 0 Å². The Kier molecular flexibility index (Phi) is 13.1. The maximum atomic E-state index is 14.7. The fourth-order valence-corrected chi connectivity index (χ4v) is 10.3. The van der Waals surface area contributed by atoms with Crippen molar-refractivity contribution >= 4 is 57.1 Å². The molecule has 17 heteroatoms. The van der Waals surface area contributed by atoms with Gasteiger partial charge >= 0.3 is 12.1 Å². The van der Waals surface area contributed by atoms with Gasteiger partial charge in [0.05, 0.1) is 47.8 Å². The molecule has 2 aromatic rings. The Morgan fingerprint density at radius 2 is 1.72 bits per heavy atom. The van der Waals surface area contributed by atoms with Crippen molar-refractivity contribution in [2.24, 2.45) is 23.7 Å². The molecular weight excluding hydrogens is 865 g/mol. The molecule has 2 aromatic heterocycles. The number of fused-ring (bicyclic) bond motifs is 2. The molecule has 0 radical (unpaired) electrons. The summed E-state index contributed by atoms with van der Waals surface area (Å²) in [4.78, 5) is 70.9. The number of aliphatic hydroxyl groups excluding tert-OH is 1. The van der Waals surface area contributed by atoms with Crippen LogP contribution in [0, 0.1) is 23.7 Å². The molecule has 4 aliphatic heterocycles. The molecule has 4 fully saturated rings. The molecule has 320 valence electrons. The minimum atomic E-state index is -1.47. The number of cyclic esters (lactones) is 1. The monoisotopic (exact) mass is 923 g/mol. The first-order valence-electron chi connectivity index (χ1n) is 20.0. The molecule has 0 aromatic carbocycles. The molecule has 4 saturated heterocycles. The Morgan fingerprint density at radius 3 is 2.38 bits per heavy atom. The number of hydrogen-bond donors (Lipinski definition) is 2. The van der Waals surface area contributed by atoms with Gasteiger partial charge in [0.15, 0.2) is 21.8 Å². The molecule has 2 N–H and O–H groups in total. The molecule has 16 nitrogen and oxygen atoms in total. The van der Waals surface area contributed by atoms with Crippen LogP contribution < -0.4 is 0 Å². The summed E-state index contributed by atoms with van der Waals surface area (Å²) in [6.07, 6.45) is 1.16. The van der Waals surface area contributed by atoms with E-state index in [1.807, 2.05) is 48.5 Å². The fourth-order valence-electron chi connectivity index (χ4n) is 9.51. The van der Waals surface area contributed by atoms with E-state index in [4.69, 9.17) is 23.7 Å². The van der Waals surface area contributed by atoms with Gasteiger partial charge in [0.2, 0.25) is 0 Å². The number of carbonyl (C=O) groups excluding carboxylic acids is 4. The van der Waals surface area contributed by atoms with E-state index >= 15 is 0 Å². The number of aromatic hydroxyl groups is 1. The van der Waals surface area contributed by atoms with E-state index in [9.17, 15) is 29.4 Å². The highest BCUT2D eigenvalue weighted by Gasteiger charge is 2.62. The summed E-state index contributed by atoms with van der Waals surface area (Å²) >= 11 is 1.92. The zero-order valence-electron chi connectivity index (χ0n) is 35.0. The molecule has 6 heterocycles. The summed E-state index contributed by atoms with van der Waals surface area (Å²) in [5, 5.41) is 22.9. The Balaban J connectivity index is 1.31. The molecular formula is C41H58IN5O11. The molecule has 6 rings (SSSR count). The predicted octanol–water partition coefficient (Wildman–Crippen LogP) is 3.71. The molecule has 13 atom stereocenters. The molecule has 1 amide bonds. The fraction of sp³-hybridized carbons (Fsp3) is 0.707. The first-order chi connectivity index (χ1) is 27.2. The van der Waals surface area contributed by atoms with Gasteiger partial charge in [-0.05, 0) is 83.3 Å². The van der Waals surface area contributed by atoms with E-state index in [1.165, 1.54) is 20.2 Å². The highest BCUT2D eigenvalue weighted by atomic mass is 127. The molecule has 58 heavy (non-hydrogen) atoms. The second-order valence-corrected chi connectivity index (χ2v) is 18.5. The number of nitrogens with zero attached hydrogens (tertiary/aromatic N) is 5. The Morgan fingerprint density at radius 1 is 1.03 bits per heavy atom. The number of likely N-dealkylation sites (N-methyl/N-ethyl adjacent to an activating group) is 1. The van der Waals surface area contributed by atoms with E-state index in [0.29, 0.717) is 37.1 Å². The number of Topliss-reactive ketones (excluding diaryl/α,β-unsaturated/α-hetero) is 2. The number of rotatable bonds is 7. The third-order valence-corrected chi connectivity index (χ3v) is 14.5. The zero-order chi connectivity index (χ0) is 42.6. The van der Waals surface area contributed by atoms with Gasteiger partial charge in [0.1, 0.15) is 23.6 Å². The molecule has 0 bridgehead atoms. The van der Waals surface area contributed by atoms with Gasteiger partial charge in [-0.3, -0.25) is 34.2 Å². The Hall–Kier alpha value is -3.07. The van der Waals surface area contributed by atoms with E-state index in [-0.39, 0.29) is 36.1 Å². The largest absolute Gasteiger partial charge is 0.506 e. The Bertz CT molecular complexity index is 1880. The molecule has 0 saturated carbocycles. The number of pyridine rings is 2. The van der Waals surface area contributed by atoms with Crippen LogP contribution in [0.1, 0.15) is 66.9 Å². The molecule has 0 aliphatic carbocycles. The predicted molar refractivity (Wildman–Crippen MR) is 219 cm³/mol. The summed E-state index contributed by atoms with van der Waals surface area (Å²) in [6, 6.07) is 0.287. The van der Waals surface area contributed by atoms with Gasteiger partial charge in [-0.1, -0.05) is 20.8 Å². The molecule has 4 aliphatic rings. The van der Waals surface area contributed by atoms with E-state index in [0.717, 1.165) is 5.39 Å². The van der Waals surface area contributed by atoms with Crippen molar-refractivity contribution in [3.05, 3.63) is 30.2 Å². The van der Waals surface area contributed by atoms with Gasteiger partial charge in [-0.25, -0.2) is 4.79 Å². The highest BCUT2D eigenvalue weighted by Crippen LogP contribution is 2.45. The highest BCUT2D eigenvalue weighted by molar-refractivity contribution is 14.1. The second kappa shape index (κ2) is 17.1. The quantitative estimate of drug-likeness (QED) is 0.177. The number of likely N-dealkylation sites (tertiary alicyclic amines) is 1. The summed E-state index contributed by atoms with van der Waals surface area (Å²) in [7, 11) is 5.21. The number of halogens is 1. The lowest BCUT2D eigenvalue weighted by Gasteiger charge is -2.48. The lowest BCUT2D eigenvalue weighted by Crippen LogP contribution is -2.65. The van der Waals surface area contributed by atoms with Crippen molar-refractivity contribution in [2.45, 2.75) is 126 Å². The first-order valence-corrected chi connectivity index (χ1v) is 21.2. The summed E-state index contributed by atoms with van der Waals surface area (Å²) in [6.45, 7) is 13.2. The van der Waals surface area contributed by atoms with E-state index in [1.54, 1.807) is 58.0 Å². The van der Waals surface area contributed by atoms with Crippen LogP contribution in [-0.4, -0.2) is 151 Å². The number of aromatic nitrogens is 2. The number of alkyl halides is 1. The van der Waals surface area contributed by atoms with Crippen molar-refractivity contribution in [3.63, 3.8) is 0 Å². The normalized spacial score (nSPS) is 38.6. The van der Waals surface area contributed by atoms with Gasteiger partial charge in [-0.2, -0.15) is 0 Å². The average molecular weight is 924 g/mol. The van der Waals surface area contributed by atoms with Gasteiger partial charge < -0.3 is 38.8 Å². The number of hydrogen-bond acceptors (Lipinski definition) is 15. The minimum absolute atomic E-state index is 0.0525. The maximum Gasteiger partial charge on any atom is 0.411 e. The Labute approximate surface area is 353 Å². The zero-order valence-corrected chi connectivity index (χ0v) is 37.1. The van der Waals surface area contributed by atoms with Crippen LogP contribution in [0.25, 0.3) is 10.9 Å². The molecule has 0 unspecified atom stereocenters. The third kappa shape index (κ3) is 8.20. The summed E-state index contributed by atoms with van der Waals surface area (Å²) in [5.41, 5.74) is -1.43. The lowest BCUT2D eigenvalue weighted by molar-refractivity contribution is -0.295. The topological polar surface area (TPSA) is 190 Å².